The van der Waals surface area contributed by atoms with Gasteiger partial charge < -0.3 is 14.3 Å². The van der Waals surface area contributed by atoms with Crippen LogP contribution in [-0.2, 0) is 11.2 Å². The first kappa shape index (κ1) is 15.8. The molecule has 0 aliphatic carbocycles. The van der Waals surface area contributed by atoms with Gasteiger partial charge in [-0.05, 0) is 37.1 Å². The molecule has 0 spiro atoms. The van der Waals surface area contributed by atoms with Crippen molar-refractivity contribution in [2.24, 2.45) is 0 Å². The Balaban J connectivity index is 1.64. The van der Waals surface area contributed by atoms with Gasteiger partial charge in [-0.2, -0.15) is 0 Å². The van der Waals surface area contributed by atoms with Crippen molar-refractivity contribution in [3.63, 3.8) is 0 Å². The lowest BCUT2D eigenvalue weighted by molar-refractivity contribution is 0.0500. The van der Waals surface area contributed by atoms with E-state index in [1.807, 2.05) is 6.07 Å². The monoisotopic (exact) mass is 324 g/mol. The molecule has 0 fully saturated rings. The van der Waals surface area contributed by atoms with Crippen LogP contribution in [0, 0.1) is 0 Å². The summed E-state index contributed by atoms with van der Waals surface area (Å²) in [5, 5.41) is 10.7. The van der Waals surface area contributed by atoms with E-state index in [1.165, 1.54) is 0 Å². The molecule has 5 nitrogen and oxygen atoms in total. The van der Waals surface area contributed by atoms with Crippen LogP contribution in [0.15, 0.2) is 63.8 Å². The Morgan fingerprint density at radius 1 is 1.04 bits per heavy atom. The first-order valence-electron chi connectivity index (χ1n) is 7.62. The fourth-order valence-corrected chi connectivity index (χ4v) is 2.46. The summed E-state index contributed by atoms with van der Waals surface area (Å²) in [5.41, 5.74) is 0.454. The van der Waals surface area contributed by atoms with Crippen LogP contribution in [0.4, 0.5) is 0 Å². The average molecular weight is 324 g/mol. The van der Waals surface area contributed by atoms with E-state index in [4.69, 9.17) is 9.15 Å². The molecule has 0 atom stereocenters. The lowest BCUT2D eigenvalue weighted by Gasteiger charge is -2.07. The number of ether oxygens (including phenoxy) is 1. The number of hydrogen-bond acceptors (Lipinski definition) is 5. The van der Waals surface area contributed by atoms with Gasteiger partial charge in [0.15, 0.2) is 0 Å². The largest absolute Gasteiger partial charge is 0.507 e. The molecule has 0 unspecified atom stereocenters. The van der Waals surface area contributed by atoms with E-state index in [0.29, 0.717) is 23.0 Å². The summed E-state index contributed by atoms with van der Waals surface area (Å²) in [4.78, 5) is 23.8. The van der Waals surface area contributed by atoms with E-state index >= 15 is 0 Å². The van der Waals surface area contributed by atoms with Crippen LogP contribution in [0.5, 0.6) is 5.75 Å². The van der Waals surface area contributed by atoms with Gasteiger partial charge in [-0.1, -0.05) is 30.3 Å². The zero-order chi connectivity index (χ0) is 16.9. The van der Waals surface area contributed by atoms with E-state index in [0.717, 1.165) is 0 Å². The van der Waals surface area contributed by atoms with Gasteiger partial charge in [-0.25, -0.2) is 9.59 Å². The molecule has 0 amide bonds. The molecule has 1 aromatic heterocycles. The van der Waals surface area contributed by atoms with E-state index in [-0.39, 0.29) is 24.3 Å². The number of rotatable bonds is 5. The summed E-state index contributed by atoms with van der Waals surface area (Å²) < 4.78 is 10.4. The zero-order valence-electron chi connectivity index (χ0n) is 12.9. The SMILES string of the molecule is O=C(OCCCc1c(O)c2ccccc2oc1=O)c1ccccc1. The van der Waals surface area contributed by atoms with Crippen molar-refractivity contribution in [1.82, 2.24) is 0 Å². The average Bonchev–Trinajstić information content (AvgIpc) is 2.61. The van der Waals surface area contributed by atoms with Crippen LogP contribution >= 0.6 is 0 Å². The molecule has 1 N–H and O–H groups in total. The molecule has 0 aliphatic heterocycles. The number of carbonyl (C=O) groups is 1. The molecule has 1 heterocycles. The summed E-state index contributed by atoms with van der Waals surface area (Å²) in [6.07, 6.45) is 0.677. The van der Waals surface area contributed by atoms with Crippen LogP contribution < -0.4 is 5.63 Å². The molecule has 0 saturated heterocycles. The number of benzene rings is 2. The molecule has 122 valence electrons. The first-order valence-corrected chi connectivity index (χ1v) is 7.62. The molecule has 0 aliphatic rings. The van der Waals surface area contributed by atoms with E-state index in [9.17, 15) is 14.7 Å². The predicted octanol–water partition coefficient (Wildman–Crippen LogP) is 3.29. The molecule has 0 radical (unpaired) electrons. The van der Waals surface area contributed by atoms with Crippen molar-refractivity contribution in [3.8, 4) is 5.75 Å². The van der Waals surface area contributed by atoms with Gasteiger partial charge >= 0.3 is 11.6 Å². The molecule has 24 heavy (non-hydrogen) atoms. The lowest BCUT2D eigenvalue weighted by atomic mass is 10.1. The highest BCUT2D eigenvalue weighted by Gasteiger charge is 2.13. The van der Waals surface area contributed by atoms with Crippen LogP contribution in [0.25, 0.3) is 11.0 Å². The van der Waals surface area contributed by atoms with E-state index < -0.39 is 11.6 Å². The van der Waals surface area contributed by atoms with Gasteiger partial charge in [0.2, 0.25) is 0 Å². The van der Waals surface area contributed by atoms with Crippen LogP contribution in [0.2, 0.25) is 0 Å². The second-order valence-corrected chi connectivity index (χ2v) is 5.32. The maximum Gasteiger partial charge on any atom is 0.343 e. The van der Waals surface area contributed by atoms with Crippen molar-refractivity contribution >= 4 is 16.9 Å². The summed E-state index contributed by atoms with van der Waals surface area (Å²) >= 11 is 0. The van der Waals surface area contributed by atoms with Crippen LogP contribution in [-0.4, -0.2) is 17.7 Å². The highest BCUT2D eigenvalue weighted by molar-refractivity contribution is 5.89. The van der Waals surface area contributed by atoms with Gasteiger partial charge in [0.05, 0.1) is 23.1 Å². The molecular weight excluding hydrogens is 308 g/mol. The third kappa shape index (κ3) is 3.30. The minimum Gasteiger partial charge on any atom is -0.507 e. The second-order valence-electron chi connectivity index (χ2n) is 5.32. The van der Waals surface area contributed by atoms with E-state index in [2.05, 4.69) is 0 Å². The standard InChI is InChI=1S/C19H16O5/c20-17-14-9-4-5-11-16(14)24-19(22)15(17)10-6-12-23-18(21)13-7-2-1-3-8-13/h1-5,7-9,11,20H,6,10,12H2. The van der Waals surface area contributed by atoms with Gasteiger partial charge in [0.25, 0.3) is 0 Å². The topological polar surface area (TPSA) is 76.7 Å². The number of esters is 1. The Morgan fingerprint density at radius 2 is 1.75 bits per heavy atom. The van der Waals surface area contributed by atoms with E-state index in [1.54, 1.807) is 48.5 Å². The predicted molar refractivity (Wildman–Crippen MR) is 89.2 cm³/mol. The third-order valence-corrected chi connectivity index (χ3v) is 3.69. The summed E-state index contributed by atoms with van der Waals surface area (Å²) in [6.45, 7) is 0.152. The highest BCUT2D eigenvalue weighted by Crippen LogP contribution is 2.26. The van der Waals surface area contributed by atoms with Gasteiger partial charge in [0, 0.05) is 0 Å². The highest BCUT2D eigenvalue weighted by atomic mass is 16.5. The van der Waals surface area contributed by atoms with Gasteiger partial charge in [-0.15, -0.1) is 0 Å². The fraction of sp³-hybridized carbons (Fsp3) is 0.158. The van der Waals surface area contributed by atoms with Crippen molar-refractivity contribution in [2.45, 2.75) is 12.8 Å². The number of fused-ring (bicyclic) bond motifs is 1. The smallest absolute Gasteiger partial charge is 0.343 e. The molecule has 0 saturated carbocycles. The molecule has 3 rings (SSSR count). The lowest BCUT2D eigenvalue weighted by Crippen LogP contribution is -2.11. The molecule has 5 heteroatoms. The quantitative estimate of drug-likeness (QED) is 0.443. The van der Waals surface area contributed by atoms with Crippen molar-refractivity contribution < 1.29 is 19.1 Å². The van der Waals surface area contributed by atoms with Gasteiger partial charge in [0.1, 0.15) is 11.3 Å². The maximum atomic E-state index is 12.0. The molecule has 2 aromatic carbocycles. The van der Waals surface area contributed by atoms with Crippen LogP contribution in [0.3, 0.4) is 0 Å². The minimum absolute atomic E-state index is 0.0729. The molecule has 0 bridgehead atoms. The number of carbonyl (C=O) groups excluding carboxylic acids is 1. The molecule has 3 aromatic rings. The Kier molecular flexibility index (Phi) is 4.61. The Morgan fingerprint density at radius 3 is 2.54 bits per heavy atom. The summed E-state index contributed by atoms with van der Waals surface area (Å²) in [7, 11) is 0. The number of aromatic hydroxyl groups is 1. The Hall–Kier alpha value is -3.08. The normalized spacial score (nSPS) is 10.7. The second kappa shape index (κ2) is 7.00. The number of hydrogen-bond donors (Lipinski definition) is 1. The summed E-state index contributed by atoms with van der Waals surface area (Å²) in [6, 6.07) is 15.5. The maximum absolute atomic E-state index is 12.0. The van der Waals surface area contributed by atoms with Crippen molar-refractivity contribution in [1.29, 1.82) is 0 Å². The fourth-order valence-electron chi connectivity index (χ4n) is 2.46. The van der Waals surface area contributed by atoms with Crippen molar-refractivity contribution in [3.05, 3.63) is 76.1 Å². The summed E-state index contributed by atoms with van der Waals surface area (Å²) in [5.74, 6) is -0.485. The third-order valence-electron chi connectivity index (χ3n) is 3.69. The zero-order valence-corrected chi connectivity index (χ0v) is 12.9. The Bertz CT molecular complexity index is 912. The number of para-hydroxylation sites is 1. The van der Waals surface area contributed by atoms with Crippen LogP contribution in [0.1, 0.15) is 22.3 Å². The van der Waals surface area contributed by atoms with Crippen molar-refractivity contribution in [2.75, 3.05) is 6.61 Å². The molecular formula is C19H16O5. The first-order chi connectivity index (χ1) is 11.7. The minimum atomic E-state index is -0.569. The van der Waals surface area contributed by atoms with Gasteiger partial charge in [-0.3, -0.25) is 0 Å². The Labute approximate surface area is 138 Å².